The Bertz CT molecular complexity index is 780. The quantitative estimate of drug-likeness (QED) is 0.788. The van der Waals surface area contributed by atoms with Crippen molar-refractivity contribution < 1.29 is 0 Å². The van der Waals surface area contributed by atoms with E-state index in [0.717, 1.165) is 22.6 Å². The fraction of sp³-hybridized carbons (Fsp3) is 0.133. The summed E-state index contributed by atoms with van der Waals surface area (Å²) in [6.07, 6.45) is 1.54. The van der Waals surface area contributed by atoms with E-state index in [1.54, 1.807) is 10.8 Å². The van der Waals surface area contributed by atoms with Crippen molar-refractivity contribution in [2.24, 2.45) is 0 Å². The Morgan fingerprint density at radius 2 is 2.05 bits per heavy atom. The van der Waals surface area contributed by atoms with E-state index in [9.17, 15) is 0 Å². The van der Waals surface area contributed by atoms with E-state index in [1.807, 2.05) is 43.3 Å². The molecule has 3 aromatic rings. The van der Waals surface area contributed by atoms with Gasteiger partial charge in [-0.25, -0.2) is 4.98 Å². The number of hydrogen-bond donors (Lipinski definition) is 1. The van der Waals surface area contributed by atoms with Crippen molar-refractivity contribution in [3.63, 3.8) is 0 Å². The number of nitrogens with one attached hydrogen (secondary N) is 1. The van der Waals surface area contributed by atoms with Gasteiger partial charge in [0, 0.05) is 6.54 Å². The van der Waals surface area contributed by atoms with Gasteiger partial charge >= 0.3 is 0 Å². The number of anilines is 1. The van der Waals surface area contributed by atoms with Crippen LogP contribution in [0.5, 0.6) is 0 Å². The number of fused-ring (bicyclic) bond motifs is 1. The molecule has 0 unspecified atom stereocenters. The minimum Gasteiger partial charge on any atom is -0.366 e. The van der Waals surface area contributed by atoms with Crippen LogP contribution in [0.2, 0.25) is 0 Å². The third-order valence-electron chi connectivity index (χ3n) is 3.08. The first-order valence-electron chi connectivity index (χ1n) is 6.29. The van der Waals surface area contributed by atoms with Crippen molar-refractivity contribution in [1.29, 1.82) is 5.26 Å². The molecular formula is C15H13N5. The number of pyridine rings is 1. The third-order valence-corrected chi connectivity index (χ3v) is 3.08. The molecule has 2 aromatic heterocycles. The molecule has 0 saturated heterocycles. The van der Waals surface area contributed by atoms with Gasteiger partial charge in [0.2, 0.25) is 0 Å². The monoisotopic (exact) mass is 263 g/mol. The molecule has 0 fully saturated rings. The molecule has 0 spiro atoms. The van der Waals surface area contributed by atoms with Crippen molar-refractivity contribution in [3.8, 4) is 6.07 Å². The lowest BCUT2D eigenvalue weighted by Gasteiger charge is -2.09. The molecule has 1 aromatic carbocycles. The maximum atomic E-state index is 8.78. The lowest BCUT2D eigenvalue weighted by atomic mass is 10.1. The highest BCUT2D eigenvalue weighted by Gasteiger charge is 2.03. The van der Waals surface area contributed by atoms with Crippen LogP contribution in [0.1, 0.15) is 16.7 Å². The number of benzene rings is 1. The first-order chi connectivity index (χ1) is 9.76. The van der Waals surface area contributed by atoms with Crippen LogP contribution in [0.4, 0.5) is 5.82 Å². The summed E-state index contributed by atoms with van der Waals surface area (Å²) in [5, 5.41) is 16.3. The van der Waals surface area contributed by atoms with E-state index in [2.05, 4.69) is 21.5 Å². The van der Waals surface area contributed by atoms with Gasteiger partial charge in [-0.3, -0.25) is 0 Å². The van der Waals surface area contributed by atoms with E-state index in [-0.39, 0.29) is 0 Å². The van der Waals surface area contributed by atoms with E-state index < -0.39 is 0 Å². The Hall–Kier alpha value is -2.87. The van der Waals surface area contributed by atoms with Gasteiger partial charge < -0.3 is 5.32 Å². The van der Waals surface area contributed by atoms with Crippen LogP contribution in [0.3, 0.4) is 0 Å². The molecule has 5 heteroatoms. The zero-order chi connectivity index (χ0) is 13.9. The molecule has 0 saturated carbocycles. The van der Waals surface area contributed by atoms with Crippen molar-refractivity contribution >= 4 is 11.5 Å². The van der Waals surface area contributed by atoms with Gasteiger partial charge in [0.25, 0.3) is 0 Å². The highest BCUT2D eigenvalue weighted by atomic mass is 15.3. The summed E-state index contributed by atoms with van der Waals surface area (Å²) in [7, 11) is 0. The van der Waals surface area contributed by atoms with Gasteiger partial charge in [0.05, 0.1) is 11.6 Å². The zero-order valence-electron chi connectivity index (χ0n) is 11.0. The van der Waals surface area contributed by atoms with Crippen molar-refractivity contribution in [2.45, 2.75) is 13.5 Å². The average Bonchev–Trinajstić information content (AvgIpc) is 2.93. The van der Waals surface area contributed by atoms with Gasteiger partial charge in [0.1, 0.15) is 12.1 Å². The Labute approximate surface area is 116 Å². The summed E-state index contributed by atoms with van der Waals surface area (Å²) in [5.74, 6) is 0.904. The van der Waals surface area contributed by atoms with Crippen LogP contribution in [0.25, 0.3) is 5.65 Å². The molecule has 3 rings (SSSR count). The average molecular weight is 263 g/mol. The molecular weight excluding hydrogens is 250 g/mol. The number of aromatic nitrogens is 3. The molecule has 0 aliphatic carbocycles. The molecule has 5 nitrogen and oxygen atoms in total. The summed E-state index contributed by atoms with van der Waals surface area (Å²) >= 11 is 0. The van der Waals surface area contributed by atoms with Crippen molar-refractivity contribution in [2.75, 3.05) is 5.32 Å². The molecule has 98 valence electrons. The molecule has 2 heterocycles. The van der Waals surface area contributed by atoms with Gasteiger partial charge in [-0.05, 0) is 42.3 Å². The fourth-order valence-corrected chi connectivity index (χ4v) is 2.07. The number of nitrogens with zero attached hydrogens (tertiary/aromatic N) is 4. The maximum absolute atomic E-state index is 8.78. The molecule has 0 aliphatic heterocycles. The van der Waals surface area contributed by atoms with Crippen LogP contribution >= 0.6 is 0 Å². The summed E-state index contributed by atoms with van der Waals surface area (Å²) in [6, 6.07) is 13.7. The summed E-state index contributed by atoms with van der Waals surface area (Å²) < 4.78 is 1.77. The van der Waals surface area contributed by atoms with E-state index in [1.165, 1.54) is 0 Å². The summed E-state index contributed by atoms with van der Waals surface area (Å²) in [6.45, 7) is 2.70. The molecule has 0 amide bonds. The number of nitriles is 1. The summed E-state index contributed by atoms with van der Waals surface area (Å²) in [5.41, 5.74) is 3.74. The fourth-order valence-electron chi connectivity index (χ4n) is 2.07. The second kappa shape index (κ2) is 5.02. The Morgan fingerprint density at radius 3 is 2.80 bits per heavy atom. The largest absolute Gasteiger partial charge is 0.366 e. The predicted molar refractivity (Wildman–Crippen MR) is 76.2 cm³/mol. The molecule has 0 radical (unpaired) electrons. The Morgan fingerprint density at radius 1 is 1.25 bits per heavy atom. The Balaban J connectivity index is 1.82. The van der Waals surface area contributed by atoms with Gasteiger partial charge in [-0.15, -0.1) is 0 Å². The van der Waals surface area contributed by atoms with Crippen LogP contribution in [-0.2, 0) is 6.54 Å². The van der Waals surface area contributed by atoms with Crippen LogP contribution in [0, 0.1) is 18.3 Å². The molecule has 1 N–H and O–H groups in total. The zero-order valence-corrected chi connectivity index (χ0v) is 11.0. The Kier molecular flexibility index (Phi) is 3.05. The highest BCUT2D eigenvalue weighted by Crippen LogP contribution is 2.14. The number of hydrogen-bond acceptors (Lipinski definition) is 4. The molecule has 20 heavy (non-hydrogen) atoms. The maximum Gasteiger partial charge on any atom is 0.157 e. The molecule has 0 bridgehead atoms. The van der Waals surface area contributed by atoms with Gasteiger partial charge in [-0.2, -0.15) is 14.9 Å². The smallest absolute Gasteiger partial charge is 0.157 e. The first-order valence-corrected chi connectivity index (χ1v) is 6.29. The standard InChI is InChI=1S/C15H13N5/c1-11-6-14(20-15(7-11)18-10-19-20)17-9-13-4-2-12(8-16)3-5-13/h2-7,10,17H,9H2,1H3. The van der Waals surface area contributed by atoms with E-state index >= 15 is 0 Å². The second-order valence-corrected chi connectivity index (χ2v) is 4.61. The van der Waals surface area contributed by atoms with Crippen LogP contribution in [-0.4, -0.2) is 14.6 Å². The SMILES string of the molecule is Cc1cc(NCc2ccc(C#N)cc2)n2ncnc2c1. The third kappa shape index (κ3) is 2.31. The van der Waals surface area contributed by atoms with Crippen LogP contribution < -0.4 is 5.32 Å². The predicted octanol–water partition coefficient (Wildman–Crippen LogP) is 2.52. The van der Waals surface area contributed by atoms with E-state index in [4.69, 9.17) is 5.26 Å². The van der Waals surface area contributed by atoms with Crippen molar-refractivity contribution in [1.82, 2.24) is 14.6 Å². The van der Waals surface area contributed by atoms with E-state index in [0.29, 0.717) is 12.1 Å². The lowest BCUT2D eigenvalue weighted by molar-refractivity contribution is 0.941. The first kappa shape index (κ1) is 12.2. The van der Waals surface area contributed by atoms with Gasteiger partial charge in [-0.1, -0.05) is 12.1 Å². The second-order valence-electron chi connectivity index (χ2n) is 4.61. The topological polar surface area (TPSA) is 66.0 Å². The highest BCUT2D eigenvalue weighted by molar-refractivity contribution is 5.51. The van der Waals surface area contributed by atoms with Crippen LogP contribution in [0.15, 0.2) is 42.7 Å². The van der Waals surface area contributed by atoms with Gasteiger partial charge in [0.15, 0.2) is 5.65 Å². The molecule has 0 atom stereocenters. The lowest BCUT2D eigenvalue weighted by Crippen LogP contribution is -2.05. The minimum absolute atomic E-state index is 0.669. The normalized spacial score (nSPS) is 10.4. The number of aryl methyl sites for hydroxylation is 1. The minimum atomic E-state index is 0.669. The van der Waals surface area contributed by atoms with Crippen molar-refractivity contribution in [3.05, 3.63) is 59.4 Å². The summed E-state index contributed by atoms with van der Waals surface area (Å²) in [4.78, 5) is 4.19. The molecule has 0 aliphatic rings. The number of rotatable bonds is 3.